The van der Waals surface area contributed by atoms with Gasteiger partial charge in [0.15, 0.2) is 11.6 Å². The van der Waals surface area contributed by atoms with Gasteiger partial charge in [-0.05, 0) is 123 Å². The minimum absolute atomic E-state index is 0.0923. The first kappa shape index (κ1) is 47.4. The van der Waals surface area contributed by atoms with Crippen LogP contribution in [0.4, 0.5) is 8.78 Å². The molecule has 0 bridgehead atoms. The summed E-state index contributed by atoms with van der Waals surface area (Å²) in [6.07, 6.45) is 30.1. The zero-order valence-corrected chi connectivity index (χ0v) is 37.3. The largest absolute Gasteiger partial charge is 0.303 e. The lowest BCUT2D eigenvalue weighted by atomic mass is 9.70. The van der Waals surface area contributed by atoms with Crippen molar-refractivity contribution in [1.82, 2.24) is 10.6 Å². The second-order valence-corrected chi connectivity index (χ2v) is 17.5. The number of nitrogens with one attached hydrogen (secondary N) is 2. The third kappa shape index (κ3) is 14.2. The third-order valence-corrected chi connectivity index (χ3v) is 11.2. The van der Waals surface area contributed by atoms with Crippen molar-refractivity contribution >= 4 is 11.6 Å². The molecule has 0 radical (unpaired) electrons. The number of carbonyl (C=O) groups is 2. The molecule has 60 heavy (non-hydrogen) atoms. The molecule has 0 fully saturated rings. The first-order valence-electron chi connectivity index (χ1n) is 20.9. The van der Waals surface area contributed by atoms with Gasteiger partial charge in [0.25, 0.3) is 0 Å². The van der Waals surface area contributed by atoms with Crippen molar-refractivity contribution in [1.29, 1.82) is 0 Å². The van der Waals surface area contributed by atoms with E-state index >= 15 is 0 Å². The number of Topliss-reactive ketones (excluding diaryl/α,β-unsaturated/α-hetero) is 2. The number of halogens is 2. The van der Waals surface area contributed by atoms with E-state index in [0.29, 0.717) is 25.9 Å². The van der Waals surface area contributed by atoms with Gasteiger partial charge in [0, 0.05) is 13.1 Å². The number of carbonyl (C=O) groups excluding carboxylic acids is 2. The van der Waals surface area contributed by atoms with Gasteiger partial charge < -0.3 is 10.6 Å². The van der Waals surface area contributed by atoms with Crippen molar-refractivity contribution in [2.75, 3.05) is 0 Å². The molecule has 2 aliphatic carbocycles. The third-order valence-electron chi connectivity index (χ3n) is 11.2. The van der Waals surface area contributed by atoms with E-state index in [1.54, 1.807) is 12.1 Å². The lowest BCUT2D eigenvalue weighted by molar-refractivity contribution is -0.119. The van der Waals surface area contributed by atoms with Gasteiger partial charge in [-0.25, -0.2) is 8.78 Å². The Kier molecular flexibility index (Phi) is 17.2. The van der Waals surface area contributed by atoms with E-state index in [9.17, 15) is 18.4 Å². The molecule has 0 saturated heterocycles. The van der Waals surface area contributed by atoms with E-state index in [0.717, 1.165) is 55.7 Å². The van der Waals surface area contributed by atoms with Crippen molar-refractivity contribution in [2.24, 2.45) is 10.8 Å². The van der Waals surface area contributed by atoms with Crippen LogP contribution in [0.3, 0.4) is 0 Å². The maximum absolute atomic E-state index is 13.6. The predicted octanol–water partition coefficient (Wildman–Crippen LogP) is 12.8. The highest BCUT2D eigenvalue weighted by molar-refractivity contribution is 6.02. The van der Waals surface area contributed by atoms with Crippen LogP contribution >= 0.6 is 0 Å². The van der Waals surface area contributed by atoms with Gasteiger partial charge in [0.2, 0.25) is 0 Å². The summed E-state index contributed by atoms with van der Waals surface area (Å²) in [6, 6.07) is 12.3. The molecule has 2 aliphatic rings. The highest BCUT2D eigenvalue weighted by atomic mass is 19.1. The fourth-order valence-corrected chi connectivity index (χ4v) is 7.81. The van der Waals surface area contributed by atoms with Crippen LogP contribution in [0.15, 0.2) is 178 Å². The zero-order chi connectivity index (χ0) is 44.0. The molecule has 0 heterocycles. The number of allylic oxidation sites excluding steroid dienone is 20. The summed E-state index contributed by atoms with van der Waals surface area (Å²) in [4.78, 5) is 26.6. The Hall–Kier alpha value is -5.30. The Morgan fingerprint density at radius 1 is 0.583 bits per heavy atom. The molecule has 316 valence electrons. The van der Waals surface area contributed by atoms with Crippen LogP contribution in [-0.4, -0.2) is 23.7 Å². The monoisotopic (exact) mass is 810 g/mol. The summed E-state index contributed by atoms with van der Waals surface area (Å²) in [5.74, 6) is -0.365. The Labute approximate surface area is 358 Å². The van der Waals surface area contributed by atoms with Crippen molar-refractivity contribution in [3.63, 3.8) is 0 Å². The molecule has 2 N–H and O–H groups in total. The summed E-state index contributed by atoms with van der Waals surface area (Å²) in [5, 5.41) is 6.71. The van der Waals surface area contributed by atoms with Gasteiger partial charge in [-0.15, -0.1) is 0 Å². The molecule has 0 aliphatic heterocycles. The minimum Gasteiger partial charge on any atom is -0.303 e. The van der Waals surface area contributed by atoms with Crippen LogP contribution in [0.25, 0.3) is 0 Å². The molecule has 4 rings (SSSR count). The Balaban J connectivity index is 1.27. The van der Waals surface area contributed by atoms with Crippen molar-refractivity contribution in [3.05, 3.63) is 201 Å². The number of ketones is 2. The maximum Gasteiger partial charge on any atom is 0.175 e. The average molecular weight is 811 g/mol. The molecule has 2 aromatic rings. The smallest absolute Gasteiger partial charge is 0.175 e. The number of hydrogen-bond donors (Lipinski definition) is 2. The van der Waals surface area contributed by atoms with Crippen molar-refractivity contribution in [3.8, 4) is 0 Å². The summed E-state index contributed by atoms with van der Waals surface area (Å²) >= 11 is 0. The van der Waals surface area contributed by atoms with Gasteiger partial charge in [0.05, 0.1) is 12.1 Å². The van der Waals surface area contributed by atoms with Gasteiger partial charge in [-0.3, -0.25) is 9.59 Å². The molecule has 0 spiro atoms. The highest BCUT2D eigenvalue weighted by Gasteiger charge is 2.38. The van der Waals surface area contributed by atoms with Crippen molar-refractivity contribution < 1.29 is 18.4 Å². The molecule has 2 atom stereocenters. The molecule has 4 nitrogen and oxygen atoms in total. The fraction of sp³-hybridized carbons (Fsp3) is 0.333. The van der Waals surface area contributed by atoms with Crippen molar-refractivity contribution in [2.45, 2.75) is 107 Å². The molecule has 0 aromatic heterocycles. The Morgan fingerprint density at radius 3 is 1.30 bits per heavy atom. The van der Waals surface area contributed by atoms with E-state index in [2.05, 4.69) is 127 Å². The fourth-order valence-electron chi connectivity index (χ4n) is 7.81. The number of benzene rings is 2. The summed E-state index contributed by atoms with van der Waals surface area (Å²) < 4.78 is 27.3. The van der Waals surface area contributed by atoms with E-state index in [4.69, 9.17) is 0 Å². The molecule has 2 aromatic carbocycles. The first-order valence-corrected chi connectivity index (χ1v) is 20.9. The second kappa shape index (κ2) is 21.8. The molecule has 6 heteroatoms. The first-order chi connectivity index (χ1) is 28.4. The molecular formula is C54H64F2N2O2. The predicted molar refractivity (Wildman–Crippen MR) is 247 cm³/mol. The van der Waals surface area contributed by atoms with E-state index in [-0.39, 0.29) is 46.1 Å². The van der Waals surface area contributed by atoms with E-state index in [1.807, 2.05) is 50.3 Å². The summed E-state index contributed by atoms with van der Waals surface area (Å²) in [6.45, 7) is 21.6. The normalized spacial score (nSPS) is 21.1. The van der Waals surface area contributed by atoms with Crippen LogP contribution in [0, 0.1) is 22.5 Å². The van der Waals surface area contributed by atoms with Crippen LogP contribution in [0.2, 0.25) is 0 Å². The zero-order valence-electron chi connectivity index (χ0n) is 37.3. The lowest BCUT2D eigenvalue weighted by Crippen LogP contribution is -2.44. The van der Waals surface area contributed by atoms with Gasteiger partial charge in [0.1, 0.15) is 11.6 Å². The summed E-state index contributed by atoms with van der Waals surface area (Å²) in [7, 11) is 0. The highest BCUT2D eigenvalue weighted by Crippen LogP contribution is 2.41. The SMILES string of the molecule is CC(C=CC=C(C)C=CC1=C(C)C(=O)C(NCc2cccc(F)c2)CC1(C)C)=CC=CC=C(C)C=CC=C(C)C=CC1=C(C)C(=O)C(NCc2cccc(F)c2)CC1(C)C. The van der Waals surface area contributed by atoms with Crippen LogP contribution < -0.4 is 10.6 Å². The minimum atomic E-state index is -0.307. The lowest BCUT2D eigenvalue weighted by Gasteiger charge is -2.37. The molecule has 0 amide bonds. The van der Waals surface area contributed by atoms with E-state index in [1.165, 1.54) is 24.3 Å². The molecular weight excluding hydrogens is 747 g/mol. The molecule has 0 saturated carbocycles. The van der Waals surface area contributed by atoms with Crippen LogP contribution in [0.1, 0.15) is 93.2 Å². The van der Waals surface area contributed by atoms with E-state index < -0.39 is 0 Å². The van der Waals surface area contributed by atoms with Gasteiger partial charge in [-0.1, -0.05) is 159 Å². The maximum atomic E-state index is 13.6. The van der Waals surface area contributed by atoms with Gasteiger partial charge in [-0.2, -0.15) is 0 Å². The number of hydrogen-bond acceptors (Lipinski definition) is 4. The second-order valence-electron chi connectivity index (χ2n) is 17.5. The average Bonchev–Trinajstić information content (AvgIpc) is 3.18. The Bertz CT molecular complexity index is 2090. The summed E-state index contributed by atoms with van der Waals surface area (Å²) in [5.41, 5.74) is 9.27. The topological polar surface area (TPSA) is 58.2 Å². The molecule has 2 unspecified atom stereocenters. The van der Waals surface area contributed by atoms with Gasteiger partial charge >= 0.3 is 0 Å². The standard InChI is InChI=1S/C54H64F2N2O2/c1-37(19-13-21-39(3)27-29-47-41(5)51(59)49(33-53(47,7)8)57-35-43-23-15-25-45(55)31-43)17-11-12-18-38(2)20-14-22-40(4)28-30-48-42(6)52(60)50(34-54(48,9)10)58-36-44-24-16-26-46(56)32-44/h11-32,49-50,57-58H,33-36H2,1-10H3. The van der Waals surface area contributed by atoms with Crippen LogP contribution in [0.5, 0.6) is 0 Å². The number of rotatable bonds is 16. The Morgan fingerprint density at radius 2 is 0.933 bits per heavy atom. The quantitative estimate of drug-likeness (QED) is 0.166. The van der Waals surface area contributed by atoms with Crippen LogP contribution in [-0.2, 0) is 22.7 Å².